The number of rotatable bonds is 11. The number of Topliss-reactive ketones (excluding diaryl/α,β-unsaturated/α-hetero) is 1. The van der Waals surface area contributed by atoms with Gasteiger partial charge in [0.1, 0.15) is 0 Å². The van der Waals surface area contributed by atoms with E-state index >= 15 is 0 Å². The molecule has 0 amide bonds. The zero-order valence-electron chi connectivity index (χ0n) is 16.6. The van der Waals surface area contributed by atoms with E-state index in [0.29, 0.717) is 11.8 Å². The van der Waals surface area contributed by atoms with Crippen LogP contribution in [0.2, 0.25) is 0 Å². The number of unbranched alkanes of at least 4 members (excludes halogenated alkanes) is 3. The second kappa shape index (κ2) is 10.2. The van der Waals surface area contributed by atoms with Crippen molar-refractivity contribution in [3.63, 3.8) is 0 Å². The number of benzene rings is 1. The minimum Gasteiger partial charge on any atom is -0.420 e. The Balaban J connectivity index is 2.09. The highest BCUT2D eigenvalue weighted by molar-refractivity contribution is 5.98. The topological polar surface area (TPSA) is 56.0 Å². The van der Waals surface area contributed by atoms with Gasteiger partial charge in [-0.3, -0.25) is 4.79 Å². The van der Waals surface area contributed by atoms with Crippen LogP contribution in [0.4, 0.5) is 0 Å². The summed E-state index contributed by atoms with van der Waals surface area (Å²) in [5, 5.41) is 8.18. The molecular formula is C22H32N2O2. The van der Waals surface area contributed by atoms with Crippen LogP contribution in [0.5, 0.6) is 0 Å². The normalized spacial score (nSPS) is 12.5. The van der Waals surface area contributed by atoms with Gasteiger partial charge < -0.3 is 4.42 Å². The van der Waals surface area contributed by atoms with Crippen LogP contribution < -0.4 is 0 Å². The fraction of sp³-hybridized carbons (Fsp3) is 0.591. The summed E-state index contributed by atoms with van der Waals surface area (Å²) in [7, 11) is 0. The van der Waals surface area contributed by atoms with E-state index in [4.69, 9.17) is 4.42 Å². The summed E-state index contributed by atoms with van der Waals surface area (Å²) in [6.07, 6.45) is 7.75. The summed E-state index contributed by atoms with van der Waals surface area (Å²) in [5.74, 6) is 1.77. The molecule has 0 saturated carbocycles. The molecule has 1 atom stereocenters. The lowest BCUT2D eigenvalue weighted by atomic mass is 9.88. The molecule has 142 valence electrons. The molecule has 0 fully saturated rings. The number of carbonyl (C=O) groups excluding carboxylic acids is 1. The number of hydrogen-bond acceptors (Lipinski definition) is 4. The van der Waals surface area contributed by atoms with Crippen LogP contribution in [0, 0.1) is 5.92 Å². The molecule has 0 bridgehead atoms. The summed E-state index contributed by atoms with van der Waals surface area (Å²) < 4.78 is 5.69. The number of nitrogens with zero attached hydrogens (tertiary/aromatic N) is 2. The lowest BCUT2D eigenvalue weighted by Gasteiger charge is -2.15. The molecule has 1 heterocycles. The minimum absolute atomic E-state index is 0.142. The Bertz CT molecular complexity index is 674. The minimum atomic E-state index is 0.142. The third kappa shape index (κ3) is 5.52. The highest BCUT2D eigenvalue weighted by atomic mass is 16.4. The molecule has 0 radical (unpaired) electrons. The standard InChI is InChI=1S/C22H32N2O2/c1-5-7-9-11-17(10-8-6-2)20(25)18-12-14-19(15-13-18)22-24-23-21(26-22)16(3)4/h12-17H,5-11H2,1-4H3. The van der Waals surface area contributed by atoms with E-state index in [1.54, 1.807) is 0 Å². The first-order chi connectivity index (χ1) is 12.6. The van der Waals surface area contributed by atoms with Crippen molar-refractivity contribution in [2.75, 3.05) is 0 Å². The molecule has 0 saturated heterocycles. The van der Waals surface area contributed by atoms with Gasteiger partial charge in [-0.1, -0.05) is 71.9 Å². The van der Waals surface area contributed by atoms with Gasteiger partial charge in [-0.15, -0.1) is 10.2 Å². The van der Waals surface area contributed by atoms with E-state index in [2.05, 4.69) is 24.0 Å². The van der Waals surface area contributed by atoms with E-state index in [-0.39, 0.29) is 17.6 Å². The molecule has 0 spiro atoms. The Morgan fingerprint density at radius 1 is 0.962 bits per heavy atom. The van der Waals surface area contributed by atoms with Crippen molar-refractivity contribution in [3.05, 3.63) is 35.7 Å². The molecule has 1 aromatic heterocycles. The first-order valence-corrected chi connectivity index (χ1v) is 10.0. The van der Waals surface area contributed by atoms with E-state index in [1.165, 1.54) is 12.8 Å². The van der Waals surface area contributed by atoms with Crippen LogP contribution >= 0.6 is 0 Å². The molecule has 26 heavy (non-hydrogen) atoms. The molecule has 0 aliphatic carbocycles. The van der Waals surface area contributed by atoms with Gasteiger partial charge in [-0.25, -0.2) is 0 Å². The Labute approximate surface area is 157 Å². The summed E-state index contributed by atoms with van der Waals surface area (Å²) in [6.45, 7) is 8.42. The van der Waals surface area contributed by atoms with Crippen molar-refractivity contribution in [2.24, 2.45) is 5.92 Å². The Morgan fingerprint density at radius 2 is 1.62 bits per heavy atom. The van der Waals surface area contributed by atoms with E-state index in [1.807, 2.05) is 38.1 Å². The molecule has 1 unspecified atom stereocenters. The Morgan fingerprint density at radius 3 is 2.19 bits per heavy atom. The van der Waals surface area contributed by atoms with Crippen LogP contribution in [0.25, 0.3) is 11.5 Å². The maximum Gasteiger partial charge on any atom is 0.247 e. The summed E-state index contributed by atoms with van der Waals surface area (Å²) >= 11 is 0. The Kier molecular flexibility index (Phi) is 8.02. The van der Waals surface area contributed by atoms with Crippen LogP contribution in [0.15, 0.2) is 28.7 Å². The molecule has 1 aromatic carbocycles. The molecule has 2 aromatic rings. The van der Waals surface area contributed by atoms with E-state index in [9.17, 15) is 4.79 Å². The largest absolute Gasteiger partial charge is 0.420 e. The second-order valence-electron chi connectivity index (χ2n) is 7.38. The maximum absolute atomic E-state index is 12.9. The van der Waals surface area contributed by atoms with Gasteiger partial charge in [-0.2, -0.15) is 0 Å². The SMILES string of the molecule is CCCCCC(CCCC)C(=O)c1ccc(-c2nnc(C(C)C)o2)cc1. The fourth-order valence-electron chi connectivity index (χ4n) is 3.10. The van der Waals surface area contributed by atoms with Crippen molar-refractivity contribution in [2.45, 2.75) is 78.6 Å². The zero-order chi connectivity index (χ0) is 18.9. The predicted molar refractivity (Wildman–Crippen MR) is 105 cm³/mol. The van der Waals surface area contributed by atoms with Crippen molar-refractivity contribution in [1.29, 1.82) is 0 Å². The lowest BCUT2D eigenvalue weighted by Crippen LogP contribution is -2.15. The van der Waals surface area contributed by atoms with Crippen molar-refractivity contribution in [1.82, 2.24) is 10.2 Å². The lowest BCUT2D eigenvalue weighted by molar-refractivity contribution is 0.0902. The van der Waals surface area contributed by atoms with Crippen LogP contribution in [-0.2, 0) is 0 Å². The first-order valence-electron chi connectivity index (χ1n) is 10.0. The molecule has 0 aliphatic heterocycles. The average molecular weight is 357 g/mol. The van der Waals surface area contributed by atoms with Gasteiger partial charge in [0, 0.05) is 23.0 Å². The van der Waals surface area contributed by atoms with E-state index < -0.39 is 0 Å². The molecular weight excluding hydrogens is 324 g/mol. The maximum atomic E-state index is 12.9. The smallest absolute Gasteiger partial charge is 0.247 e. The number of ketones is 1. The van der Waals surface area contributed by atoms with Gasteiger partial charge in [0.15, 0.2) is 5.78 Å². The molecule has 2 rings (SSSR count). The van der Waals surface area contributed by atoms with Gasteiger partial charge in [0.25, 0.3) is 0 Å². The summed E-state index contributed by atoms with van der Waals surface area (Å²) in [6, 6.07) is 7.62. The Hall–Kier alpha value is -1.97. The van der Waals surface area contributed by atoms with Gasteiger partial charge in [0.2, 0.25) is 11.8 Å². The monoisotopic (exact) mass is 356 g/mol. The van der Waals surface area contributed by atoms with Crippen LogP contribution in [-0.4, -0.2) is 16.0 Å². The number of carbonyl (C=O) groups is 1. The van der Waals surface area contributed by atoms with Crippen LogP contribution in [0.3, 0.4) is 0 Å². The predicted octanol–water partition coefficient (Wildman–Crippen LogP) is 6.43. The van der Waals surface area contributed by atoms with Gasteiger partial charge >= 0.3 is 0 Å². The van der Waals surface area contributed by atoms with Crippen molar-refractivity contribution in [3.8, 4) is 11.5 Å². The number of aromatic nitrogens is 2. The molecule has 0 aliphatic rings. The molecule has 4 nitrogen and oxygen atoms in total. The molecule has 0 N–H and O–H groups in total. The summed E-state index contributed by atoms with van der Waals surface area (Å²) in [5.41, 5.74) is 1.65. The molecule has 4 heteroatoms. The highest BCUT2D eigenvalue weighted by Crippen LogP contribution is 2.25. The first kappa shape index (κ1) is 20.3. The average Bonchev–Trinajstić information content (AvgIpc) is 3.15. The number of hydrogen-bond donors (Lipinski definition) is 0. The zero-order valence-corrected chi connectivity index (χ0v) is 16.6. The third-order valence-electron chi connectivity index (χ3n) is 4.78. The van der Waals surface area contributed by atoms with E-state index in [0.717, 1.165) is 43.2 Å². The quantitative estimate of drug-likeness (QED) is 0.344. The summed E-state index contributed by atoms with van der Waals surface area (Å²) in [4.78, 5) is 12.9. The fourth-order valence-corrected chi connectivity index (χ4v) is 3.10. The third-order valence-corrected chi connectivity index (χ3v) is 4.78. The van der Waals surface area contributed by atoms with Crippen molar-refractivity contribution < 1.29 is 9.21 Å². The van der Waals surface area contributed by atoms with Gasteiger partial charge in [0.05, 0.1) is 0 Å². The van der Waals surface area contributed by atoms with Crippen LogP contribution in [0.1, 0.15) is 94.8 Å². The van der Waals surface area contributed by atoms with Crippen molar-refractivity contribution >= 4 is 5.78 Å². The highest BCUT2D eigenvalue weighted by Gasteiger charge is 2.20. The van der Waals surface area contributed by atoms with Gasteiger partial charge in [-0.05, 0) is 25.0 Å². The second-order valence-corrected chi connectivity index (χ2v) is 7.38.